The van der Waals surface area contributed by atoms with Crippen molar-refractivity contribution in [3.63, 3.8) is 0 Å². The molecule has 1 aliphatic rings. The van der Waals surface area contributed by atoms with E-state index < -0.39 is 17.7 Å². The highest BCUT2D eigenvalue weighted by atomic mass is 16.3. The molecule has 0 spiro atoms. The smallest absolute Gasteiger partial charge is 0.295 e. The first-order chi connectivity index (χ1) is 16.0. The number of nitrogens with zero attached hydrogens (tertiary/aromatic N) is 1. The number of aryl methyl sites for hydroxylation is 1. The van der Waals surface area contributed by atoms with E-state index in [1.54, 1.807) is 4.90 Å². The maximum atomic E-state index is 13.3. The van der Waals surface area contributed by atoms with Crippen molar-refractivity contribution >= 4 is 17.4 Å². The van der Waals surface area contributed by atoms with Crippen LogP contribution in [0.4, 0.5) is 0 Å². The quantitative estimate of drug-likeness (QED) is 0.208. The molecule has 0 aliphatic carbocycles. The van der Waals surface area contributed by atoms with Crippen LogP contribution in [0.5, 0.6) is 0 Å². The number of aliphatic hydroxyl groups excluding tert-OH is 1. The maximum absolute atomic E-state index is 13.3. The zero-order valence-corrected chi connectivity index (χ0v) is 21.7. The number of unbranched alkanes of at least 4 members (excludes halogenated alkanes) is 2. The van der Waals surface area contributed by atoms with Crippen LogP contribution in [-0.2, 0) is 15.0 Å². The van der Waals surface area contributed by atoms with E-state index in [-0.39, 0.29) is 16.7 Å². The Labute approximate surface area is 204 Å². The predicted molar refractivity (Wildman–Crippen MR) is 139 cm³/mol. The van der Waals surface area contributed by atoms with Gasteiger partial charge in [0.2, 0.25) is 0 Å². The van der Waals surface area contributed by atoms with E-state index >= 15 is 0 Å². The number of benzene rings is 2. The molecule has 1 unspecified atom stereocenters. The van der Waals surface area contributed by atoms with E-state index in [0.717, 1.165) is 36.0 Å². The van der Waals surface area contributed by atoms with Crippen molar-refractivity contribution in [1.82, 2.24) is 4.90 Å². The Balaban J connectivity index is 2.19. The summed E-state index contributed by atoms with van der Waals surface area (Å²) in [6, 6.07) is 13.5. The largest absolute Gasteiger partial charge is 0.507 e. The van der Waals surface area contributed by atoms with Crippen LogP contribution in [0.2, 0.25) is 0 Å². The van der Waals surface area contributed by atoms with E-state index in [9.17, 15) is 14.7 Å². The Kier molecular flexibility index (Phi) is 7.70. The van der Waals surface area contributed by atoms with Crippen LogP contribution in [0.25, 0.3) is 5.76 Å². The molecule has 1 aliphatic heterocycles. The lowest BCUT2D eigenvalue weighted by Crippen LogP contribution is -2.30. The molecule has 34 heavy (non-hydrogen) atoms. The van der Waals surface area contributed by atoms with E-state index in [1.807, 2.05) is 31.2 Å². The van der Waals surface area contributed by atoms with Gasteiger partial charge >= 0.3 is 0 Å². The van der Waals surface area contributed by atoms with Gasteiger partial charge < -0.3 is 10.0 Å². The summed E-state index contributed by atoms with van der Waals surface area (Å²) in [5.74, 6) is -0.835. The number of carbonyl (C=O) groups excluding carboxylic acids is 2. The molecule has 0 saturated carbocycles. The second-order valence-corrected chi connectivity index (χ2v) is 10.8. The van der Waals surface area contributed by atoms with Gasteiger partial charge in [-0.3, -0.25) is 9.59 Å². The summed E-state index contributed by atoms with van der Waals surface area (Å²) in [5.41, 5.74) is 4.68. The molecule has 1 atom stereocenters. The third kappa shape index (κ3) is 5.11. The van der Waals surface area contributed by atoms with Gasteiger partial charge in [0.25, 0.3) is 11.7 Å². The Morgan fingerprint density at radius 3 is 2.24 bits per heavy atom. The first-order valence-electron chi connectivity index (χ1n) is 12.5. The fourth-order valence-corrected chi connectivity index (χ4v) is 4.54. The summed E-state index contributed by atoms with van der Waals surface area (Å²) in [4.78, 5) is 28.1. The van der Waals surface area contributed by atoms with Gasteiger partial charge in [-0.1, -0.05) is 90.8 Å². The highest BCUT2D eigenvalue weighted by Crippen LogP contribution is 2.41. The number of hydrogen-bond acceptors (Lipinski definition) is 3. The number of carbonyl (C=O) groups is 2. The Bertz CT molecular complexity index is 1090. The predicted octanol–water partition coefficient (Wildman–Crippen LogP) is 7.03. The van der Waals surface area contributed by atoms with Gasteiger partial charge in [0.15, 0.2) is 0 Å². The van der Waals surface area contributed by atoms with E-state index in [1.165, 1.54) is 5.56 Å². The molecule has 0 bridgehead atoms. The second kappa shape index (κ2) is 10.2. The summed E-state index contributed by atoms with van der Waals surface area (Å²) in [6.07, 6.45) is 2.83. The summed E-state index contributed by atoms with van der Waals surface area (Å²) in [7, 11) is 0. The van der Waals surface area contributed by atoms with Crippen LogP contribution < -0.4 is 0 Å². The fourth-order valence-electron chi connectivity index (χ4n) is 4.54. The minimum Gasteiger partial charge on any atom is -0.507 e. The van der Waals surface area contributed by atoms with Crippen molar-refractivity contribution in [2.24, 2.45) is 0 Å². The van der Waals surface area contributed by atoms with Crippen LogP contribution in [-0.4, -0.2) is 28.2 Å². The summed E-state index contributed by atoms with van der Waals surface area (Å²) in [6.45, 7) is 15.1. The average molecular weight is 462 g/mol. The number of amides is 1. The van der Waals surface area contributed by atoms with E-state index in [4.69, 9.17) is 0 Å². The van der Waals surface area contributed by atoms with Crippen LogP contribution in [0.15, 0.2) is 48.0 Å². The molecule has 2 aromatic rings. The molecular weight excluding hydrogens is 422 g/mol. The topological polar surface area (TPSA) is 57.6 Å². The number of likely N-dealkylation sites (tertiary alicyclic amines) is 1. The van der Waals surface area contributed by atoms with Crippen LogP contribution in [0, 0.1) is 6.92 Å². The molecule has 3 rings (SSSR count). The van der Waals surface area contributed by atoms with Gasteiger partial charge in [-0.2, -0.15) is 0 Å². The molecule has 2 aromatic carbocycles. The highest BCUT2D eigenvalue weighted by molar-refractivity contribution is 6.46. The van der Waals surface area contributed by atoms with Crippen molar-refractivity contribution < 1.29 is 14.7 Å². The molecular formula is C30H39NO3. The number of rotatable bonds is 7. The third-order valence-corrected chi connectivity index (χ3v) is 6.82. The van der Waals surface area contributed by atoms with Gasteiger partial charge in [0.05, 0.1) is 11.6 Å². The first-order valence-corrected chi connectivity index (χ1v) is 12.5. The number of aliphatic hydroxyl groups is 1. The van der Waals surface area contributed by atoms with Crippen molar-refractivity contribution in [2.75, 3.05) is 6.54 Å². The van der Waals surface area contributed by atoms with E-state index in [2.05, 4.69) is 59.7 Å². The molecule has 0 aromatic heterocycles. The number of hydrogen-bond donors (Lipinski definition) is 1. The van der Waals surface area contributed by atoms with Crippen molar-refractivity contribution in [1.29, 1.82) is 0 Å². The molecule has 1 N–H and O–H groups in total. The summed E-state index contributed by atoms with van der Waals surface area (Å²) < 4.78 is 0. The highest BCUT2D eigenvalue weighted by Gasteiger charge is 2.45. The minimum atomic E-state index is -0.604. The minimum absolute atomic E-state index is 0.0853. The summed E-state index contributed by atoms with van der Waals surface area (Å²) in [5, 5.41) is 11.5. The molecule has 4 nitrogen and oxygen atoms in total. The Morgan fingerprint density at radius 1 is 1.03 bits per heavy atom. The Morgan fingerprint density at radius 2 is 1.68 bits per heavy atom. The molecule has 1 amide bonds. The SMILES string of the molecule is CCCCCN1C(=O)C(=O)/C(=C(/O)c2cc(C(C)(C)C)ccc2C)C1c1ccc(C(C)C)cc1. The van der Waals surface area contributed by atoms with Gasteiger partial charge in [-0.15, -0.1) is 0 Å². The normalized spacial score (nSPS) is 18.2. The van der Waals surface area contributed by atoms with E-state index in [0.29, 0.717) is 18.0 Å². The van der Waals surface area contributed by atoms with Gasteiger partial charge in [-0.25, -0.2) is 0 Å². The standard InChI is InChI=1S/C30H39NO3/c1-8-9-10-17-31-26(22-14-12-21(13-15-22)19(2)3)25(28(33)29(31)34)27(32)24-18-23(30(5,6)7)16-11-20(24)4/h11-16,18-19,26,32H,8-10,17H2,1-7H3/b27-25+. The average Bonchev–Trinajstić information content (AvgIpc) is 3.03. The number of Topliss-reactive ketones (excluding diaryl/α,β-unsaturated/α-hetero) is 1. The van der Waals surface area contributed by atoms with Crippen LogP contribution in [0.1, 0.15) is 101 Å². The first kappa shape index (κ1) is 25.7. The molecule has 0 radical (unpaired) electrons. The lowest BCUT2D eigenvalue weighted by atomic mass is 9.84. The molecule has 1 fully saturated rings. The Hall–Kier alpha value is -2.88. The zero-order valence-electron chi connectivity index (χ0n) is 21.7. The van der Waals surface area contributed by atoms with Crippen molar-refractivity contribution in [2.45, 2.75) is 85.1 Å². The molecule has 182 valence electrons. The zero-order chi connectivity index (χ0) is 25.2. The monoisotopic (exact) mass is 461 g/mol. The lowest BCUT2D eigenvalue weighted by Gasteiger charge is -2.26. The fraction of sp³-hybridized carbons (Fsp3) is 0.467. The lowest BCUT2D eigenvalue weighted by molar-refractivity contribution is -0.139. The van der Waals surface area contributed by atoms with Crippen LogP contribution in [0.3, 0.4) is 0 Å². The second-order valence-electron chi connectivity index (χ2n) is 10.8. The van der Waals surface area contributed by atoms with Gasteiger partial charge in [0, 0.05) is 12.1 Å². The molecule has 1 saturated heterocycles. The summed E-state index contributed by atoms with van der Waals surface area (Å²) >= 11 is 0. The molecule has 4 heteroatoms. The van der Waals surface area contributed by atoms with Crippen molar-refractivity contribution in [3.8, 4) is 0 Å². The van der Waals surface area contributed by atoms with Gasteiger partial charge in [0.1, 0.15) is 5.76 Å². The number of ketones is 1. The molecule has 1 heterocycles. The third-order valence-electron chi connectivity index (χ3n) is 6.82. The maximum Gasteiger partial charge on any atom is 0.295 e. The van der Waals surface area contributed by atoms with Crippen LogP contribution >= 0.6 is 0 Å². The van der Waals surface area contributed by atoms with Gasteiger partial charge in [-0.05, 0) is 53.0 Å². The van der Waals surface area contributed by atoms with Crippen molar-refractivity contribution in [3.05, 3.63) is 75.9 Å².